The Kier molecular flexibility index (Phi) is 5.69. The van der Waals surface area contributed by atoms with Gasteiger partial charge in [-0.05, 0) is 13.0 Å². The number of hydrogen-bond donors (Lipinski definition) is 2. The Morgan fingerprint density at radius 1 is 1.41 bits per heavy atom. The van der Waals surface area contributed by atoms with Gasteiger partial charge in [-0.1, -0.05) is 13.8 Å². The van der Waals surface area contributed by atoms with E-state index in [-0.39, 0.29) is 5.56 Å². The van der Waals surface area contributed by atoms with Gasteiger partial charge in [0, 0.05) is 32.6 Å². The maximum atomic E-state index is 11.4. The molecule has 0 aliphatic carbocycles. The molecule has 1 rings (SSSR count). The molecule has 0 atom stereocenters. The highest BCUT2D eigenvalue weighted by molar-refractivity contribution is 5.36. The molecule has 1 aromatic heterocycles. The van der Waals surface area contributed by atoms with Crippen molar-refractivity contribution in [2.45, 2.75) is 26.7 Å². The predicted octanol–water partition coefficient (Wildman–Crippen LogP) is 0.768. The van der Waals surface area contributed by atoms with E-state index in [1.54, 1.807) is 6.07 Å². The van der Waals surface area contributed by atoms with Gasteiger partial charge in [-0.2, -0.15) is 0 Å². The third-order valence-electron chi connectivity index (χ3n) is 2.55. The van der Waals surface area contributed by atoms with Crippen LogP contribution in [0.1, 0.15) is 26.1 Å². The van der Waals surface area contributed by atoms with Gasteiger partial charge in [-0.25, -0.2) is 4.98 Å². The molecule has 0 radical (unpaired) electrons. The lowest BCUT2D eigenvalue weighted by Gasteiger charge is -2.18. The van der Waals surface area contributed by atoms with Gasteiger partial charge in [0.15, 0.2) is 0 Å². The number of hydrogen-bond acceptors (Lipinski definition) is 4. The zero-order valence-corrected chi connectivity index (χ0v) is 10.9. The molecule has 0 bridgehead atoms. The normalized spacial score (nSPS) is 10.5. The van der Waals surface area contributed by atoms with Crippen molar-refractivity contribution in [1.29, 1.82) is 0 Å². The maximum absolute atomic E-state index is 11.4. The van der Waals surface area contributed by atoms with Crippen LogP contribution in [-0.2, 0) is 6.42 Å². The molecule has 0 saturated heterocycles. The van der Waals surface area contributed by atoms with Crippen LogP contribution in [0.15, 0.2) is 10.9 Å². The Bertz CT molecular complexity index is 388. The Morgan fingerprint density at radius 2 is 2.18 bits per heavy atom. The Hall–Kier alpha value is -1.36. The molecule has 5 heteroatoms. The summed E-state index contributed by atoms with van der Waals surface area (Å²) in [7, 11) is 1.95. The van der Waals surface area contributed by atoms with E-state index in [9.17, 15) is 4.79 Å². The number of H-pyrrole nitrogens is 1. The van der Waals surface area contributed by atoms with Crippen molar-refractivity contribution in [3.63, 3.8) is 0 Å². The minimum Gasteiger partial charge on any atom is -0.358 e. The van der Waals surface area contributed by atoms with Crippen LogP contribution >= 0.6 is 0 Å². The van der Waals surface area contributed by atoms with Crippen molar-refractivity contribution >= 4 is 5.82 Å². The lowest BCUT2D eigenvalue weighted by molar-refractivity contribution is 0.662. The van der Waals surface area contributed by atoms with Crippen LogP contribution in [0.4, 0.5) is 5.82 Å². The van der Waals surface area contributed by atoms with E-state index in [0.29, 0.717) is 0 Å². The molecule has 0 spiro atoms. The Labute approximate surface area is 102 Å². The standard InChI is InChI=1S/C12H22N4O/c1-4-6-13-7-8-16(3)11-9-12(17)15-10(5-2)14-11/h9,13H,4-8H2,1-3H3,(H,14,15,17). The quantitative estimate of drug-likeness (QED) is 0.689. The third kappa shape index (κ3) is 4.56. The van der Waals surface area contributed by atoms with Crippen LogP contribution in [0.3, 0.4) is 0 Å². The number of likely N-dealkylation sites (N-methyl/N-ethyl adjacent to an activating group) is 1. The van der Waals surface area contributed by atoms with E-state index in [1.807, 2.05) is 18.9 Å². The molecule has 0 amide bonds. The van der Waals surface area contributed by atoms with E-state index < -0.39 is 0 Å². The number of anilines is 1. The summed E-state index contributed by atoms with van der Waals surface area (Å²) < 4.78 is 0. The lowest BCUT2D eigenvalue weighted by atomic mass is 10.4. The predicted molar refractivity (Wildman–Crippen MR) is 70.7 cm³/mol. The fourth-order valence-corrected chi connectivity index (χ4v) is 1.52. The minimum absolute atomic E-state index is 0.0831. The fraction of sp³-hybridized carbons (Fsp3) is 0.667. The van der Waals surface area contributed by atoms with E-state index in [0.717, 1.165) is 44.1 Å². The molecule has 0 unspecified atom stereocenters. The summed E-state index contributed by atoms with van der Waals surface area (Å²) in [6, 6.07) is 1.54. The second-order valence-corrected chi connectivity index (χ2v) is 4.08. The highest BCUT2D eigenvalue weighted by atomic mass is 16.1. The molecule has 0 aromatic carbocycles. The molecular weight excluding hydrogens is 216 g/mol. The smallest absolute Gasteiger partial charge is 0.252 e. The molecular formula is C12H22N4O. The van der Waals surface area contributed by atoms with Crippen LogP contribution < -0.4 is 15.8 Å². The van der Waals surface area contributed by atoms with E-state index in [2.05, 4.69) is 22.2 Å². The summed E-state index contributed by atoms with van der Waals surface area (Å²) >= 11 is 0. The molecule has 17 heavy (non-hydrogen) atoms. The highest BCUT2D eigenvalue weighted by Gasteiger charge is 2.04. The van der Waals surface area contributed by atoms with Gasteiger partial charge in [-0.15, -0.1) is 0 Å². The monoisotopic (exact) mass is 238 g/mol. The molecule has 0 aliphatic rings. The molecule has 0 aliphatic heterocycles. The first-order chi connectivity index (χ1) is 8.17. The van der Waals surface area contributed by atoms with Gasteiger partial charge < -0.3 is 15.2 Å². The third-order valence-corrected chi connectivity index (χ3v) is 2.55. The Balaban J connectivity index is 2.58. The topological polar surface area (TPSA) is 61.0 Å². The van der Waals surface area contributed by atoms with Crippen LogP contribution in [0.25, 0.3) is 0 Å². The molecule has 2 N–H and O–H groups in total. The highest BCUT2D eigenvalue weighted by Crippen LogP contribution is 2.04. The van der Waals surface area contributed by atoms with Crippen LogP contribution in [-0.4, -0.2) is 36.6 Å². The zero-order valence-electron chi connectivity index (χ0n) is 10.9. The largest absolute Gasteiger partial charge is 0.358 e. The van der Waals surface area contributed by atoms with Gasteiger partial charge in [0.05, 0.1) is 0 Å². The fourth-order valence-electron chi connectivity index (χ4n) is 1.52. The second kappa shape index (κ2) is 7.06. The number of aromatic amines is 1. The van der Waals surface area contributed by atoms with Crippen molar-refractivity contribution < 1.29 is 0 Å². The summed E-state index contributed by atoms with van der Waals surface area (Å²) in [5.41, 5.74) is -0.0831. The zero-order chi connectivity index (χ0) is 12.7. The number of nitrogens with zero attached hydrogens (tertiary/aromatic N) is 2. The maximum Gasteiger partial charge on any atom is 0.252 e. The van der Waals surface area contributed by atoms with Crippen molar-refractivity contribution in [3.05, 3.63) is 22.2 Å². The first kappa shape index (κ1) is 13.7. The first-order valence-electron chi connectivity index (χ1n) is 6.19. The van der Waals surface area contributed by atoms with Crippen molar-refractivity contribution in [1.82, 2.24) is 15.3 Å². The summed E-state index contributed by atoms with van der Waals surface area (Å²) in [6.07, 6.45) is 1.87. The summed E-state index contributed by atoms with van der Waals surface area (Å²) in [5, 5.41) is 3.32. The lowest BCUT2D eigenvalue weighted by Crippen LogP contribution is -2.31. The average Bonchev–Trinajstić information content (AvgIpc) is 2.33. The summed E-state index contributed by atoms with van der Waals surface area (Å²) in [6.45, 7) is 6.89. The van der Waals surface area contributed by atoms with Gasteiger partial charge in [0.25, 0.3) is 5.56 Å². The van der Waals surface area contributed by atoms with Gasteiger partial charge in [0.1, 0.15) is 11.6 Å². The summed E-state index contributed by atoms with van der Waals surface area (Å²) in [5.74, 6) is 1.48. The second-order valence-electron chi connectivity index (χ2n) is 4.08. The number of aryl methyl sites for hydroxylation is 1. The number of nitrogens with one attached hydrogen (secondary N) is 2. The van der Waals surface area contributed by atoms with Crippen molar-refractivity contribution in [3.8, 4) is 0 Å². The van der Waals surface area contributed by atoms with Crippen LogP contribution in [0.5, 0.6) is 0 Å². The summed E-state index contributed by atoms with van der Waals surface area (Å²) in [4.78, 5) is 20.5. The van der Waals surface area contributed by atoms with Crippen LogP contribution in [0, 0.1) is 0 Å². The Morgan fingerprint density at radius 3 is 2.82 bits per heavy atom. The molecule has 5 nitrogen and oxygen atoms in total. The van der Waals surface area contributed by atoms with E-state index in [1.165, 1.54) is 0 Å². The van der Waals surface area contributed by atoms with Gasteiger partial charge >= 0.3 is 0 Å². The average molecular weight is 238 g/mol. The molecule has 1 aromatic rings. The van der Waals surface area contributed by atoms with E-state index >= 15 is 0 Å². The van der Waals surface area contributed by atoms with Crippen LogP contribution in [0.2, 0.25) is 0 Å². The van der Waals surface area contributed by atoms with Crippen molar-refractivity contribution in [2.75, 3.05) is 31.6 Å². The van der Waals surface area contributed by atoms with Gasteiger partial charge in [0.2, 0.25) is 0 Å². The van der Waals surface area contributed by atoms with Gasteiger partial charge in [-0.3, -0.25) is 4.79 Å². The molecule has 96 valence electrons. The first-order valence-corrected chi connectivity index (χ1v) is 6.19. The number of aromatic nitrogens is 2. The molecule has 1 heterocycles. The number of rotatable bonds is 7. The molecule has 0 saturated carbocycles. The minimum atomic E-state index is -0.0831. The van der Waals surface area contributed by atoms with E-state index in [4.69, 9.17) is 0 Å². The SMILES string of the molecule is CCCNCCN(C)c1cc(=O)[nH]c(CC)n1. The van der Waals surface area contributed by atoms with Crippen molar-refractivity contribution in [2.24, 2.45) is 0 Å². The molecule has 0 fully saturated rings.